The van der Waals surface area contributed by atoms with Gasteiger partial charge in [-0.2, -0.15) is 0 Å². The molecule has 3 aromatic rings. The van der Waals surface area contributed by atoms with Gasteiger partial charge in [0.05, 0.1) is 10.6 Å². The maximum absolute atomic E-state index is 13.6. The predicted molar refractivity (Wildman–Crippen MR) is 95.5 cm³/mol. The molecule has 1 N–H and O–H groups in total. The fraction of sp³-hybridized carbons (Fsp3) is 0.105. The first-order valence-electron chi connectivity index (χ1n) is 8.14. The first-order valence-corrected chi connectivity index (χ1v) is 9.80. The van der Waals surface area contributed by atoms with Crippen LogP contribution in [0.2, 0.25) is 0 Å². The van der Waals surface area contributed by atoms with Crippen molar-refractivity contribution in [2.24, 2.45) is 0 Å². The Morgan fingerprint density at radius 1 is 0.793 bits per heavy atom. The summed E-state index contributed by atoms with van der Waals surface area (Å²) in [4.78, 5) is 11.8. The van der Waals surface area contributed by atoms with Crippen LogP contribution in [-0.2, 0) is 14.6 Å². The molecule has 0 bridgehead atoms. The number of fused-ring (bicyclic) bond motifs is 1. The Kier molecular flexibility index (Phi) is 5.56. The van der Waals surface area contributed by atoms with Gasteiger partial charge in [-0.1, -0.05) is 30.3 Å². The van der Waals surface area contributed by atoms with Crippen LogP contribution in [0.3, 0.4) is 0 Å². The van der Waals surface area contributed by atoms with Crippen LogP contribution in [0.5, 0.6) is 0 Å². The van der Waals surface area contributed by atoms with Crippen molar-refractivity contribution in [3.63, 3.8) is 0 Å². The van der Waals surface area contributed by atoms with E-state index in [4.69, 9.17) is 0 Å². The first-order chi connectivity index (χ1) is 13.6. The van der Waals surface area contributed by atoms with Gasteiger partial charge in [-0.15, -0.1) is 0 Å². The highest BCUT2D eigenvalue weighted by molar-refractivity contribution is 7.91. The molecule has 0 unspecified atom stereocenters. The maximum Gasteiger partial charge on any atom is 0.225 e. The Bertz CT molecular complexity index is 1200. The number of hydrogen-bond donors (Lipinski definition) is 1. The summed E-state index contributed by atoms with van der Waals surface area (Å²) >= 11 is 0. The van der Waals surface area contributed by atoms with Crippen LogP contribution in [-0.4, -0.2) is 20.1 Å². The highest BCUT2D eigenvalue weighted by atomic mass is 32.2. The van der Waals surface area contributed by atoms with Crippen LogP contribution in [0.4, 0.5) is 27.6 Å². The number of benzene rings is 3. The molecule has 29 heavy (non-hydrogen) atoms. The normalized spacial score (nSPS) is 11.6. The van der Waals surface area contributed by atoms with E-state index in [9.17, 15) is 35.2 Å². The largest absolute Gasteiger partial charge is 0.321 e. The number of hydrogen-bond acceptors (Lipinski definition) is 3. The van der Waals surface area contributed by atoms with Crippen molar-refractivity contribution in [2.75, 3.05) is 11.1 Å². The van der Waals surface area contributed by atoms with Gasteiger partial charge >= 0.3 is 0 Å². The summed E-state index contributed by atoms with van der Waals surface area (Å²) in [7, 11) is -3.94. The summed E-state index contributed by atoms with van der Waals surface area (Å²) in [6, 6.07) is 11.3. The second kappa shape index (κ2) is 7.78. The van der Waals surface area contributed by atoms with Crippen LogP contribution in [0.15, 0.2) is 47.4 Å². The molecule has 3 aromatic carbocycles. The third kappa shape index (κ3) is 4.07. The van der Waals surface area contributed by atoms with Gasteiger partial charge in [0.2, 0.25) is 11.7 Å². The third-order valence-corrected chi connectivity index (χ3v) is 5.87. The Morgan fingerprint density at radius 3 is 1.97 bits per heavy atom. The molecule has 3 rings (SSSR count). The molecule has 0 atom stereocenters. The summed E-state index contributed by atoms with van der Waals surface area (Å²) in [6.45, 7) is 0. The van der Waals surface area contributed by atoms with Gasteiger partial charge in [-0.25, -0.2) is 30.4 Å². The second-order valence-corrected chi connectivity index (χ2v) is 8.18. The zero-order valence-corrected chi connectivity index (χ0v) is 15.3. The quantitative estimate of drug-likeness (QED) is 0.373. The lowest BCUT2D eigenvalue weighted by Gasteiger charge is -2.10. The Morgan fingerprint density at radius 2 is 1.34 bits per heavy atom. The molecule has 152 valence electrons. The van der Waals surface area contributed by atoms with Crippen molar-refractivity contribution < 1.29 is 35.2 Å². The fourth-order valence-corrected chi connectivity index (χ4v) is 3.89. The number of carbonyl (C=O) groups excluding carboxylic acids is 1. The van der Waals surface area contributed by atoms with E-state index >= 15 is 0 Å². The van der Waals surface area contributed by atoms with E-state index in [0.29, 0.717) is 5.39 Å². The summed E-state index contributed by atoms with van der Waals surface area (Å²) in [5, 5.41) is 2.99. The lowest BCUT2D eigenvalue weighted by atomic mass is 10.1. The third-order valence-electron chi connectivity index (χ3n) is 4.15. The molecule has 4 nitrogen and oxygen atoms in total. The lowest BCUT2D eigenvalue weighted by molar-refractivity contribution is -0.115. The topological polar surface area (TPSA) is 63.2 Å². The molecule has 0 spiro atoms. The number of amides is 1. The van der Waals surface area contributed by atoms with Gasteiger partial charge in [-0.05, 0) is 22.9 Å². The van der Waals surface area contributed by atoms with E-state index in [1.54, 1.807) is 35.6 Å². The number of sulfone groups is 1. The average molecular weight is 429 g/mol. The summed E-state index contributed by atoms with van der Waals surface area (Å²) in [5.41, 5.74) is -1.53. The van der Waals surface area contributed by atoms with Crippen molar-refractivity contribution in [2.45, 2.75) is 11.3 Å². The van der Waals surface area contributed by atoms with Crippen LogP contribution in [0.1, 0.15) is 6.42 Å². The fourth-order valence-electron chi connectivity index (χ4n) is 2.62. The molecule has 0 fully saturated rings. The Balaban J connectivity index is 1.76. The van der Waals surface area contributed by atoms with E-state index in [0.717, 1.165) is 5.39 Å². The van der Waals surface area contributed by atoms with Crippen LogP contribution in [0.25, 0.3) is 10.8 Å². The van der Waals surface area contributed by atoms with Crippen LogP contribution < -0.4 is 5.32 Å². The summed E-state index contributed by atoms with van der Waals surface area (Å²) in [6.07, 6.45) is -0.755. The average Bonchev–Trinajstić information content (AvgIpc) is 2.72. The minimum absolute atomic E-state index is 0.0692. The summed E-state index contributed by atoms with van der Waals surface area (Å²) in [5.74, 6) is -13.2. The second-order valence-electron chi connectivity index (χ2n) is 6.07. The molecule has 0 aromatic heterocycles. The zero-order chi connectivity index (χ0) is 21.3. The van der Waals surface area contributed by atoms with E-state index in [-0.39, 0.29) is 4.90 Å². The van der Waals surface area contributed by atoms with E-state index in [1.807, 2.05) is 0 Å². The Hall–Kier alpha value is -3.01. The number of carbonyl (C=O) groups is 1. The molecule has 0 aliphatic rings. The van der Waals surface area contributed by atoms with E-state index in [1.165, 1.54) is 12.1 Å². The molecule has 0 saturated heterocycles. The van der Waals surface area contributed by atoms with Gasteiger partial charge in [0.25, 0.3) is 0 Å². The molecular weight excluding hydrogens is 417 g/mol. The van der Waals surface area contributed by atoms with Gasteiger partial charge in [0.1, 0.15) is 5.69 Å². The molecule has 0 aliphatic carbocycles. The smallest absolute Gasteiger partial charge is 0.225 e. The minimum atomic E-state index is -3.94. The van der Waals surface area contributed by atoms with Crippen molar-refractivity contribution in [1.29, 1.82) is 0 Å². The molecule has 1 amide bonds. The van der Waals surface area contributed by atoms with Gasteiger partial charge in [0, 0.05) is 6.42 Å². The standard InChI is InChI=1S/C19H12F5NO3S/c20-14-15(21)17(23)19(18(24)16(14)22)25-13(26)7-8-29(27,28)12-6-5-10-3-1-2-4-11(10)9-12/h1-6,9H,7-8H2,(H,25,26). The summed E-state index contributed by atoms with van der Waals surface area (Å²) < 4.78 is 91.4. The minimum Gasteiger partial charge on any atom is -0.321 e. The first kappa shape index (κ1) is 20.7. The van der Waals surface area contributed by atoms with Crippen LogP contribution in [0, 0.1) is 29.1 Å². The predicted octanol–water partition coefficient (Wildman–Crippen LogP) is 4.34. The molecule has 0 saturated carbocycles. The van der Waals surface area contributed by atoms with Crippen molar-refractivity contribution in [3.8, 4) is 0 Å². The molecule has 0 radical (unpaired) electrons. The SMILES string of the molecule is O=C(CCS(=O)(=O)c1ccc2ccccc2c1)Nc1c(F)c(F)c(F)c(F)c1F. The monoisotopic (exact) mass is 429 g/mol. The Labute approximate surface area is 161 Å². The van der Waals surface area contributed by atoms with E-state index in [2.05, 4.69) is 0 Å². The molecule has 0 heterocycles. The number of rotatable bonds is 5. The highest BCUT2D eigenvalue weighted by Gasteiger charge is 2.27. The van der Waals surface area contributed by atoms with Crippen LogP contribution >= 0.6 is 0 Å². The van der Waals surface area contributed by atoms with Crippen molar-refractivity contribution in [1.82, 2.24) is 0 Å². The van der Waals surface area contributed by atoms with Crippen molar-refractivity contribution >= 4 is 32.2 Å². The van der Waals surface area contributed by atoms with E-state index < -0.39 is 62.7 Å². The lowest BCUT2D eigenvalue weighted by Crippen LogP contribution is -2.20. The number of halogens is 5. The maximum atomic E-state index is 13.6. The van der Waals surface area contributed by atoms with Gasteiger partial charge in [0.15, 0.2) is 33.1 Å². The number of anilines is 1. The zero-order valence-electron chi connectivity index (χ0n) is 14.5. The molecular formula is C19H12F5NO3S. The van der Waals surface area contributed by atoms with Crippen molar-refractivity contribution in [3.05, 3.63) is 71.6 Å². The van der Waals surface area contributed by atoms with Gasteiger partial charge < -0.3 is 5.32 Å². The molecule has 0 aliphatic heterocycles. The molecule has 10 heteroatoms. The highest BCUT2D eigenvalue weighted by Crippen LogP contribution is 2.27. The number of nitrogens with one attached hydrogen (secondary N) is 1. The van der Waals surface area contributed by atoms with Gasteiger partial charge in [-0.3, -0.25) is 4.79 Å².